The van der Waals surface area contributed by atoms with Crippen molar-refractivity contribution < 1.29 is 28.3 Å². The highest BCUT2D eigenvalue weighted by Crippen LogP contribution is 2.55. The monoisotopic (exact) mass is 588 g/mol. The number of benzene rings is 1. The topological polar surface area (TPSA) is 144 Å². The summed E-state index contributed by atoms with van der Waals surface area (Å²) in [6, 6.07) is 5.68. The van der Waals surface area contributed by atoms with Gasteiger partial charge in [0.1, 0.15) is 29.8 Å². The van der Waals surface area contributed by atoms with Crippen molar-refractivity contribution in [3.8, 4) is 5.75 Å². The van der Waals surface area contributed by atoms with Crippen LogP contribution in [0.2, 0.25) is 0 Å². The first-order chi connectivity index (χ1) is 20.6. The number of Topliss-reactive ketones (excluding diaryl/α,β-unsaturated/α-hetero) is 1. The average molecular weight is 589 g/mol. The number of fused-ring (bicyclic) bond motifs is 2. The van der Waals surface area contributed by atoms with Crippen LogP contribution in [-0.4, -0.2) is 56.3 Å². The molecule has 3 heterocycles. The molecule has 8 rings (SSSR count). The fourth-order valence-electron chi connectivity index (χ4n) is 7.90. The number of aromatic nitrogens is 3. The first kappa shape index (κ1) is 27.5. The molecule has 0 spiro atoms. The summed E-state index contributed by atoms with van der Waals surface area (Å²) in [6.45, 7) is 1.77. The second-order valence-corrected chi connectivity index (χ2v) is 12.8. The summed E-state index contributed by atoms with van der Waals surface area (Å²) in [6.07, 6.45) is 7.88. The van der Waals surface area contributed by atoms with Crippen LogP contribution in [0.4, 0.5) is 4.39 Å². The van der Waals surface area contributed by atoms with Gasteiger partial charge in [0.2, 0.25) is 5.91 Å². The fourth-order valence-corrected chi connectivity index (χ4v) is 7.90. The van der Waals surface area contributed by atoms with Gasteiger partial charge in [0, 0.05) is 30.1 Å². The number of carbonyl (C=O) groups is 4. The number of nitrogens with zero attached hydrogens (tertiary/aromatic N) is 3. The van der Waals surface area contributed by atoms with E-state index in [9.17, 15) is 23.6 Å². The van der Waals surface area contributed by atoms with Gasteiger partial charge in [0.25, 0.3) is 11.8 Å². The minimum Gasteiger partial charge on any atom is -0.486 e. The Bertz CT molecular complexity index is 1630. The van der Waals surface area contributed by atoms with Gasteiger partial charge in [0.15, 0.2) is 17.2 Å². The summed E-state index contributed by atoms with van der Waals surface area (Å²) in [4.78, 5) is 55.6. The molecule has 12 heteroatoms. The molecule has 4 aliphatic carbocycles. The molecule has 3 N–H and O–H groups in total. The number of hydrogen-bond acceptors (Lipinski definition) is 7. The molecule has 43 heavy (non-hydrogen) atoms. The SMILES string of the molecule is C[C@H](NC(=O)c1cc(C(=O)NCc2ccc3c(c2)CC(=O)CO3)nc2c(F)cnn12)C(=O)NC12CC3CC(CC(C3)C1)C2. The maximum absolute atomic E-state index is 14.6. The van der Waals surface area contributed by atoms with E-state index in [1.54, 1.807) is 25.1 Å². The number of nitrogens with one attached hydrogen (secondary N) is 3. The van der Waals surface area contributed by atoms with Crippen molar-refractivity contribution in [1.29, 1.82) is 0 Å². The maximum atomic E-state index is 14.6. The van der Waals surface area contributed by atoms with Crippen LogP contribution in [0, 0.1) is 23.6 Å². The molecule has 11 nitrogen and oxygen atoms in total. The standard InChI is InChI=1S/C31H33FN6O5/c1-16(28(40)37-31-10-18-4-19(11-31)6-20(5-18)12-31)35-30(42)25-9-24(36-27-23(32)14-34-38(25)27)29(41)33-13-17-2-3-26-21(7-17)8-22(39)15-43-26/h2-3,7,9,14,16,18-20H,4-6,8,10-13,15H2,1H3,(H,33,41)(H,35,42)(H,37,40)/t16-,18?,19?,20?,31?/m0/s1. The molecule has 4 bridgehead atoms. The average Bonchev–Trinajstić information content (AvgIpc) is 3.34. The molecule has 5 aliphatic rings. The van der Waals surface area contributed by atoms with Gasteiger partial charge in [-0.05, 0) is 80.9 Å². The third-order valence-electron chi connectivity index (χ3n) is 9.42. The van der Waals surface area contributed by atoms with Crippen molar-refractivity contribution in [2.75, 3.05) is 6.61 Å². The zero-order valence-corrected chi connectivity index (χ0v) is 23.8. The van der Waals surface area contributed by atoms with Crippen LogP contribution in [0.5, 0.6) is 5.75 Å². The quantitative estimate of drug-likeness (QED) is 0.385. The van der Waals surface area contributed by atoms with E-state index in [1.165, 1.54) is 25.3 Å². The lowest BCUT2D eigenvalue weighted by molar-refractivity contribution is -0.128. The van der Waals surface area contributed by atoms with Gasteiger partial charge in [-0.2, -0.15) is 5.10 Å². The Labute approximate surface area is 246 Å². The number of ketones is 1. The molecule has 2 aromatic heterocycles. The van der Waals surface area contributed by atoms with Crippen molar-refractivity contribution in [3.63, 3.8) is 0 Å². The predicted octanol–water partition coefficient (Wildman–Crippen LogP) is 2.51. The Hall–Kier alpha value is -4.35. The molecule has 224 valence electrons. The van der Waals surface area contributed by atoms with Crippen LogP contribution >= 0.6 is 0 Å². The highest BCUT2D eigenvalue weighted by atomic mass is 19.1. The third-order valence-corrected chi connectivity index (χ3v) is 9.42. The minimum atomic E-state index is -0.860. The summed E-state index contributed by atoms with van der Waals surface area (Å²) in [5, 5.41) is 12.6. The van der Waals surface area contributed by atoms with Gasteiger partial charge in [-0.3, -0.25) is 19.2 Å². The van der Waals surface area contributed by atoms with Crippen LogP contribution in [0.15, 0.2) is 30.5 Å². The second kappa shape index (κ2) is 10.4. The molecule has 3 aromatic rings. The van der Waals surface area contributed by atoms with Crippen molar-refractivity contribution >= 4 is 29.2 Å². The van der Waals surface area contributed by atoms with Crippen molar-refractivity contribution in [2.45, 2.75) is 70.0 Å². The van der Waals surface area contributed by atoms with Crippen molar-refractivity contribution in [3.05, 3.63) is 58.8 Å². The van der Waals surface area contributed by atoms with Gasteiger partial charge < -0.3 is 20.7 Å². The van der Waals surface area contributed by atoms with E-state index in [0.717, 1.165) is 41.1 Å². The van der Waals surface area contributed by atoms with Crippen LogP contribution in [0.3, 0.4) is 0 Å². The van der Waals surface area contributed by atoms with Gasteiger partial charge in [-0.15, -0.1) is 0 Å². The van der Waals surface area contributed by atoms with E-state index in [0.29, 0.717) is 23.5 Å². The Kier molecular flexibility index (Phi) is 6.66. The molecule has 4 fully saturated rings. The third kappa shape index (κ3) is 5.23. The van der Waals surface area contributed by atoms with E-state index in [4.69, 9.17) is 4.74 Å². The first-order valence-electron chi connectivity index (χ1n) is 14.9. The van der Waals surface area contributed by atoms with Gasteiger partial charge in [0.05, 0.1) is 6.20 Å². The molecule has 4 saturated carbocycles. The van der Waals surface area contributed by atoms with Crippen molar-refractivity contribution in [2.24, 2.45) is 17.8 Å². The Morgan fingerprint density at radius 2 is 1.81 bits per heavy atom. The fraction of sp³-hybridized carbons (Fsp3) is 0.484. The van der Waals surface area contributed by atoms with E-state index >= 15 is 0 Å². The molecule has 0 unspecified atom stereocenters. The smallest absolute Gasteiger partial charge is 0.270 e. The zero-order valence-electron chi connectivity index (χ0n) is 23.8. The molecule has 3 amide bonds. The van der Waals surface area contributed by atoms with E-state index < -0.39 is 23.7 Å². The van der Waals surface area contributed by atoms with Gasteiger partial charge in [-0.25, -0.2) is 13.9 Å². The van der Waals surface area contributed by atoms with E-state index in [2.05, 4.69) is 26.0 Å². The van der Waals surface area contributed by atoms with Crippen molar-refractivity contribution in [1.82, 2.24) is 30.5 Å². The summed E-state index contributed by atoms with van der Waals surface area (Å²) in [5.41, 5.74) is 0.680. The lowest BCUT2D eigenvalue weighted by Gasteiger charge is -2.57. The Morgan fingerprint density at radius 3 is 2.53 bits per heavy atom. The first-order valence-corrected chi connectivity index (χ1v) is 14.9. The number of halogens is 1. The van der Waals surface area contributed by atoms with E-state index in [-0.39, 0.29) is 53.8 Å². The summed E-state index contributed by atoms with van der Waals surface area (Å²) in [5.74, 6) is 0.211. The highest BCUT2D eigenvalue weighted by molar-refractivity contribution is 6.00. The summed E-state index contributed by atoms with van der Waals surface area (Å²) >= 11 is 0. The number of amides is 3. The van der Waals surface area contributed by atoms with Gasteiger partial charge >= 0.3 is 0 Å². The predicted molar refractivity (Wildman–Crippen MR) is 151 cm³/mol. The number of hydrogen-bond donors (Lipinski definition) is 3. The molecule has 1 aliphatic heterocycles. The lowest BCUT2D eigenvalue weighted by atomic mass is 9.53. The van der Waals surface area contributed by atoms with Gasteiger partial charge in [-0.1, -0.05) is 6.07 Å². The lowest BCUT2D eigenvalue weighted by Crippen LogP contribution is -2.62. The molecule has 0 radical (unpaired) electrons. The summed E-state index contributed by atoms with van der Waals surface area (Å²) in [7, 11) is 0. The second-order valence-electron chi connectivity index (χ2n) is 12.8. The molecular formula is C31H33FN6O5. The van der Waals surface area contributed by atoms with Crippen LogP contribution in [-0.2, 0) is 22.6 Å². The number of carbonyl (C=O) groups excluding carboxylic acids is 4. The maximum Gasteiger partial charge on any atom is 0.270 e. The normalized spacial score (nSPS) is 26.0. The Balaban J connectivity index is 1.05. The molecule has 0 saturated heterocycles. The molecular weight excluding hydrogens is 555 g/mol. The number of rotatable bonds is 7. The van der Waals surface area contributed by atoms with Crippen LogP contribution < -0.4 is 20.7 Å². The molecule has 1 atom stereocenters. The van der Waals surface area contributed by atoms with E-state index in [1.807, 2.05) is 0 Å². The number of ether oxygens (including phenoxy) is 1. The zero-order chi connectivity index (χ0) is 29.9. The largest absolute Gasteiger partial charge is 0.486 e. The minimum absolute atomic E-state index is 0.0284. The molecule has 1 aromatic carbocycles. The Morgan fingerprint density at radius 1 is 1.09 bits per heavy atom. The van der Waals surface area contributed by atoms with Crippen LogP contribution in [0.1, 0.15) is 77.6 Å². The highest BCUT2D eigenvalue weighted by Gasteiger charge is 2.51. The summed E-state index contributed by atoms with van der Waals surface area (Å²) < 4.78 is 21.0. The van der Waals surface area contributed by atoms with Crippen LogP contribution in [0.25, 0.3) is 5.65 Å².